The molecule has 1 aromatic heterocycles. The van der Waals surface area contributed by atoms with Crippen LogP contribution in [0.15, 0.2) is 77.3 Å². The van der Waals surface area contributed by atoms with Crippen LogP contribution >= 0.6 is 15.9 Å². The normalized spacial score (nSPS) is 17.7. The van der Waals surface area contributed by atoms with Gasteiger partial charge in [0, 0.05) is 35.5 Å². The second-order valence-electron chi connectivity index (χ2n) is 7.43. The molecule has 164 valence electrons. The third kappa shape index (κ3) is 4.31. The maximum absolute atomic E-state index is 13.1. The Bertz CT molecular complexity index is 1160. The summed E-state index contributed by atoms with van der Waals surface area (Å²) in [5.41, 5.74) is 1.25. The number of imidazole rings is 1. The molecule has 0 bridgehead atoms. The minimum absolute atomic E-state index is 0.0770. The number of aliphatic hydroxyl groups is 1. The van der Waals surface area contributed by atoms with E-state index in [1.54, 1.807) is 36.8 Å². The number of rotatable bonds is 7. The van der Waals surface area contributed by atoms with Crippen molar-refractivity contribution in [2.45, 2.75) is 19.0 Å². The number of hydrogen-bond donors (Lipinski definition) is 1. The zero-order valence-corrected chi connectivity index (χ0v) is 19.0. The fourth-order valence-electron chi connectivity index (χ4n) is 3.87. The average Bonchev–Trinajstić information content (AvgIpc) is 3.41. The molecule has 7 nitrogen and oxygen atoms in total. The fraction of sp³-hybridized carbons (Fsp3) is 0.208. The summed E-state index contributed by atoms with van der Waals surface area (Å²) in [6, 6.07) is 13.5. The number of aromatic nitrogens is 2. The second-order valence-corrected chi connectivity index (χ2v) is 8.35. The van der Waals surface area contributed by atoms with Gasteiger partial charge in [0.05, 0.1) is 25.1 Å². The number of aryl methyl sites for hydroxylation is 1. The van der Waals surface area contributed by atoms with E-state index in [2.05, 4.69) is 20.9 Å². The average molecular weight is 496 g/mol. The van der Waals surface area contributed by atoms with Gasteiger partial charge in [0.25, 0.3) is 11.7 Å². The lowest BCUT2D eigenvalue weighted by molar-refractivity contribution is -0.139. The Morgan fingerprint density at radius 1 is 1.16 bits per heavy atom. The lowest BCUT2D eigenvalue weighted by Crippen LogP contribution is -2.31. The highest BCUT2D eigenvalue weighted by molar-refractivity contribution is 9.10. The number of likely N-dealkylation sites (tertiary alicyclic amines) is 1. The number of nitrogens with zero attached hydrogens (tertiary/aromatic N) is 3. The predicted octanol–water partition coefficient (Wildman–Crippen LogP) is 4.17. The number of benzene rings is 2. The van der Waals surface area contributed by atoms with E-state index < -0.39 is 17.7 Å². The summed E-state index contributed by atoms with van der Waals surface area (Å²) in [6.45, 7) is 1.02. The van der Waals surface area contributed by atoms with Crippen LogP contribution in [0, 0.1) is 0 Å². The molecule has 0 unspecified atom stereocenters. The van der Waals surface area contributed by atoms with Crippen molar-refractivity contribution in [2.75, 3.05) is 13.7 Å². The van der Waals surface area contributed by atoms with E-state index in [1.807, 2.05) is 35.0 Å². The minimum atomic E-state index is -0.694. The molecule has 4 rings (SSSR count). The fourth-order valence-corrected chi connectivity index (χ4v) is 4.14. The molecule has 0 spiro atoms. The van der Waals surface area contributed by atoms with Crippen LogP contribution in [0.4, 0.5) is 0 Å². The first-order chi connectivity index (χ1) is 15.5. The highest BCUT2D eigenvalue weighted by Gasteiger charge is 2.45. The lowest BCUT2D eigenvalue weighted by Gasteiger charge is -2.25. The van der Waals surface area contributed by atoms with Gasteiger partial charge in [-0.15, -0.1) is 0 Å². The number of Topliss-reactive ketones (excluding diaryl/α,β-unsaturated/α-hetero) is 1. The summed E-state index contributed by atoms with van der Waals surface area (Å²) in [4.78, 5) is 31.6. The predicted molar refractivity (Wildman–Crippen MR) is 123 cm³/mol. The van der Waals surface area contributed by atoms with Gasteiger partial charge in [-0.2, -0.15) is 0 Å². The van der Waals surface area contributed by atoms with Gasteiger partial charge in [-0.1, -0.05) is 40.2 Å². The standard InChI is InChI=1S/C24H22BrN3O4/c1-32-19-5-2-4-17(14-19)22(29)20-21(16-6-8-18(25)9-7-16)28(24(31)23(20)30)12-3-11-27-13-10-26-15-27/h2,4-10,13-15,21,29H,3,11-12H2,1H3/t21-/m1/s1. The van der Waals surface area contributed by atoms with Crippen LogP contribution in [0.5, 0.6) is 5.75 Å². The number of aliphatic hydroxyl groups excluding tert-OH is 1. The van der Waals surface area contributed by atoms with Crippen LogP contribution in [-0.4, -0.2) is 44.9 Å². The number of halogens is 1. The second kappa shape index (κ2) is 9.40. The number of carbonyl (C=O) groups is 2. The first kappa shape index (κ1) is 21.8. The van der Waals surface area contributed by atoms with Gasteiger partial charge < -0.3 is 19.3 Å². The number of amides is 1. The smallest absolute Gasteiger partial charge is 0.295 e. The van der Waals surface area contributed by atoms with Crippen LogP contribution in [0.25, 0.3) is 5.76 Å². The largest absolute Gasteiger partial charge is 0.507 e. The summed E-state index contributed by atoms with van der Waals surface area (Å²) in [5.74, 6) is -0.982. The summed E-state index contributed by atoms with van der Waals surface area (Å²) in [5, 5.41) is 11.1. The molecule has 1 saturated heterocycles. The van der Waals surface area contributed by atoms with Crippen molar-refractivity contribution in [1.29, 1.82) is 0 Å². The van der Waals surface area contributed by atoms with Crippen molar-refractivity contribution in [3.8, 4) is 5.75 Å². The summed E-state index contributed by atoms with van der Waals surface area (Å²) in [7, 11) is 1.53. The number of hydrogen-bond acceptors (Lipinski definition) is 5. The summed E-state index contributed by atoms with van der Waals surface area (Å²) < 4.78 is 8.04. The number of ketones is 1. The third-order valence-electron chi connectivity index (χ3n) is 5.44. The van der Waals surface area contributed by atoms with Crippen molar-refractivity contribution >= 4 is 33.4 Å². The van der Waals surface area contributed by atoms with E-state index in [0.29, 0.717) is 30.8 Å². The van der Waals surface area contributed by atoms with Crippen LogP contribution in [0.1, 0.15) is 23.6 Å². The first-order valence-electron chi connectivity index (χ1n) is 10.1. The molecular weight excluding hydrogens is 474 g/mol. The van der Waals surface area contributed by atoms with Gasteiger partial charge in [-0.25, -0.2) is 4.98 Å². The Morgan fingerprint density at radius 3 is 2.62 bits per heavy atom. The lowest BCUT2D eigenvalue weighted by atomic mass is 9.95. The minimum Gasteiger partial charge on any atom is -0.507 e. The van der Waals surface area contributed by atoms with E-state index in [4.69, 9.17) is 4.74 Å². The Labute approximate surface area is 194 Å². The maximum Gasteiger partial charge on any atom is 0.295 e. The Hall–Kier alpha value is -3.39. The number of ether oxygens (including phenoxy) is 1. The van der Waals surface area contributed by atoms with Gasteiger partial charge in [0.1, 0.15) is 11.5 Å². The van der Waals surface area contributed by atoms with Crippen molar-refractivity contribution in [3.05, 3.63) is 88.4 Å². The van der Waals surface area contributed by atoms with E-state index in [1.165, 1.54) is 12.0 Å². The van der Waals surface area contributed by atoms with Crippen LogP contribution in [0.2, 0.25) is 0 Å². The van der Waals surface area contributed by atoms with Gasteiger partial charge in [0.15, 0.2) is 0 Å². The molecule has 0 radical (unpaired) electrons. The molecular formula is C24H22BrN3O4. The monoisotopic (exact) mass is 495 g/mol. The molecule has 2 heterocycles. The van der Waals surface area contributed by atoms with E-state index in [-0.39, 0.29) is 11.3 Å². The van der Waals surface area contributed by atoms with E-state index >= 15 is 0 Å². The molecule has 0 aliphatic carbocycles. The molecule has 1 N–H and O–H groups in total. The van der Waals surface area contributed by atoms with E-state index in [9.17, 15) is 14.7 Å². The molecule has 1 amide bonds. The molecule has 1 atom stereocenters. The Kier molecular flexibility index (Phi) is 6.41. The van der Waals surface area contributed by atoms with Crippen molar-refractivity contribution in [1.82, 2.24) is 14.5 Å². The van der Waals surface area contributed by atoms with Gasteiger partial charge in [-0.3, -0.25) is 9.59 Å². The van der Waals surface area contributed by atoms with Crippen LogP contribution in [-0.2, 0) is 16.1 Å². The molecule has 1 fully saturated rings. The quantitative estimate of drug-likeness (QED) is 0.302. The molecule has 8 heteroatoms. The van der Waals surface area contributed by atoms with Crippen LogP contribution in [0.3, 0.4) is 0 Å². The summed E-state index contributed by atoms with van der Waals surface area (Å²) in [6.07, 6.45) is 5.89. The molecule has 1 aliphatic rings. The van der Waals surface area contributed by atoms with E-state index in [0.717, 1.165) is 10.0 Å². The van der Waals surface area contributed by atoms with Crippen molar-refractivity contribution < 1.29 is 19.4 Å². The van der Waals surface area contributed by atoms with Gasteiger partial charge >= 0.3 is 0 Å². The van der Waals surface area contributed by atoms with Gasteiger partial charge in [-0.05, 0) is 36.2 Å². The molecule has 32 heavy (non-hydrogen) atoms. The van der Waals surface area contributed by atoms with Crippen molar-refractivity contribution in [3.63, 3.8) is 0 Å². The first-order valence-corrected chi connectivity index (χ1v) is 10.9. The number of carbonyl (C=O) groups excluding carboxylic acids is 2. The molecule has 1 aliphatic heterocycles. The highest BCUT2D eigenvalue weighted by Crippen LogP contribution is 2.40. The van der Waals surface area contributed by atoms with Crippen molar-refractivity contribution in [2.24, 2.45) is 0 Å². The molecule has 0 saturated carbocycles. The Morgan fingerprint density at radius 2 is 1.94 bits per heavy atom. The maximum atomic E-state index is 13.1. The summed E-state index contributed by atoms with van der Waals surface area (Å²) >= 11 is 3.42. The Balaban J connectivity index is 1.73. The van der Waals surface area contributed by atoms with Gasteiger partial charge in [0.2, 0.25) is 0 Å². The highest BCUT2D eigenvalue weighted by atomic mass is 79.9. The zero-order chi connectivity index (χ0) is 22.7. The number of methoxy groups -OCH3 is 1. The molecule has 3 aromatic rings. The topological polar surface area (TPSA) is 84.7 Å². The SMILES string of the molecule is COc1cccc(C(O)=C2C(=O)C(=O)N(CCCn3ccnc3)[C@@H]2c2ccc(Br)cc2)c1. The molecule has 2 aromatic carbocycles. The van der Waals surface area contributed by atoms with Crippen LogP contribution < -0.4 is 4.74 Å². The zero-order valence-electron chi connectivity index (χ0n) is 17.4. The third-order valence-corrected chi connectivity index (χ3v) is 5.97.